The average molecular weight is 314 g/mol. The van der Waals surface area contributed by atoms with E-state index in [0.717, 1.165) is 37.8 Å². The van der Waals surface area contributed by atoms with Gasteiger partial charge in [0.1, 0.15) is 0 Å². The lowest BCUT2D eigenvalue weighted by molar-refractivity contribution is -0.140. The highest BCUT2D eigenvalue weighted by molar-refractivity contribution is 6.37. The van der Waals surface area contributed by atoms with Crippen molar-refractivity contribution in [3.8, 4) is 0 Å². The van der Waals surface area contributed by atoms with Crippen molar-refractivity contribution >= 4 is 21.5 Å². The predicted molar refractivity (Wildman–Crippen MR) is 88.3 cm³/mol. The highest BCUT2D eigenvalue weighted by Gasteiger charge is 2.13. The van der Waals surface area contributed by atoms with Crippen LogP contribution in [0.3, 0.4) is 0 Å². The van der Waals surface area contributed by atoms with Crippen molar-refractivity contribution in [2.75, 3.05) is 0 Å². The number of carboxylic acid groups (broad SMARTS) is 1. The fraction of sp³-hybridized carbons (Fsp3) is 0.750. The molecule has 0 fully saturated rings. The van der Waals surface area contributed by atoms with E-state index in [1.54, 1.807) is 0 Å². The van der Waals surface area contributed by atoms with E-state index in [2.05, 4.69) is 13.8 Å². The Kier molecular flexibility index (Phi) is 13.1. The van der Waals surface area contributed by atoms with Gasteiger partial charge in [-0.05, 0) is 6.42 Å². The summed E-state index contributed by atoms with van der Waals surface area (Å²) in [6, 6.07) is 1.20. The summed E-state index contributed by atoms with van der Waals surface area (Å²) in [5, 5.41) is 8.51. The Labute approximate surface area is 130 Å². The summed E-state index contributed by atoms with van der Waals surface area (Å²) in [5.41, 5.74) is 0.0594. The molecule has 1 N–H and O–H groups in total. The topological polar surface area (TPSA) is 63.6 Å². The first-order valence-electron chi connectivity index (χ1n) is 8.21. The molecule has 0 aliphatic heterocycles. The van der Waals surface area contributed by atoms with E-state index in [0.29, 0.717) is 0 Å². The van der Waals surface area contributed by atoms with Gasteiger partial charge in [-0.2, -0.15) is 0 Å². The average Bonchev–Trinajstić information content (AvgIpc) is 2.45. The van der Waals surface area contributed by atoms with Crippen molar-refractivity contribution in [3.63, 3.8) is 0 Å². The Balaban J connectivity index is 4.11. The molecule has 0 heterocycles. The fourth-order valence-corrected chi connectivity index (χ4v) is 4.16. The number of ether oxygens (including phenoxy) is 1. The number of esters is 1. The van der Waals surface area contributed by atoms with E-state index in [9.17, 15) is 9.59 Å². The Morgan fingerprint density at radius 2 is 1.71 bits per heavy atom. The standard InChI is InChI=1S/C16H30O4Si/c1-3-5-7-9-13-21-16(10-8-6-4-2)20-15(19)12-11-14(17)18/h11-12,16H,3-10,13,21H2,1-2H3,(H,17,18). The summed E-state index contributed by atoms with van der Waals surface area (Å²) in [6.07, 6.45) is 11.2. The van der Waals surface area contributed by atoms with Gasteiger partial charge in [0.05, 0.1) is 15.2 Å². The second-order valence-electron chi connectivity index (χ2n) is 5.43. The van der Waals surface area contributed by atoms with Crippen LogP contribution in [0.1, 0.15) is 65.2 Å². The molecule has 0 aromatic heterocycles. The van der Waals surface area contributed by atoms with Gasteiger partial charge in [0.25, 0.3) is 0 Å². The molecule has 0 amide bonds. The number of carbonyl (C=O) groups is 2. The van der Waals surface area contributed by atoms with E-state index >= 15 is 0 Å². The van der Waals surface area contributed by atoms with Crippen LogP contribution < -0.4 is 0 Å². The van der Waals surface area contributed by atoms with Crippen molar-refractivity contribution in [2.24, 2.45) is 0 Å². The minimum Gasteiger partial charge on any atom is -0.478 e. The molecule has 0 aromatic carbocycles. The van der Waals surface area contributed by atoms with Crippen LogP contribution in [-0.4, -0.2) is 32.3 Å². The van der Waals surface area contributed by atoms with Crippen LogP contribution in [-0.2, 0) is 14.3 Å². The summed E-state index contributed by atoms with van der Waals surface area (Å²) >= 11 is 0. The maximum atomic E-state index is 11.6. The van der Waals surface area contributed by atoms with Gasteiger partial charge in [0.15, 0.2) is 0 Å². The number of hydrogen-bond acceptors (Lipinski definition) is 3. The first-order valence-corrected chi connectivity index (χ1v) is 10.0. The van der Waals surface area contributed by atoms with Crippen molar-refractivity contribution < 1.29 is 19.4 Å². The summed E-state index contributed by atoms with van der Waals surface area (Å²) in [7, 11) is -0.434. The first kappa shape index (κ1) is 19.9. The number of hydrogen-bond donors (Lipinski definition) is 1. The van der Waals surface area contributed by atoms with Crippen LogP contribution in [0, 0.1) is 0 Å². The molecule has 0 aliphatic rings. The zero-order valence-corrected chi connectivity index (χ0v) is 14.9. The molecular weight excluding hydrogens is 284 g/mol. The molecular formula is C16H30O4Si. The molecule has 0 bridgehead atoms. The summed E-state index contributed by atoms with van der Waals surface area (Å²) < 4.78 is 5.43. The molecule has 0 saturated heterocycles. The van der Waals surface area contributed by atoms with Crippen molar-refractivity contribution in [1.82, 2.24) is 0 Å². The normalized spacial score (nSPS) is 13.0. The van der Waals surface area contributed by atoms with Crippen molar-refractivity contribution in [1.29, 1.82) is 0 Å². The maximum Gasteiger partial charge on any atom is 0.330 e. The molecule has 0 spiro atoms. The maximum absolute atomic E-state index is 11.6. The van der Waals surface area contributed by atoms with E-state index in [1.807, 2.05) is 0 Å². The lowest BCUT2D eigenvalue weighted by Crippen LogP contribution is -2.24. The highest BCUT2D eigenvalue weighted by Crippen LogP contribution is 2.10. The number of aliphatic carboxylic acids is 1. The van der Waals surface area contributed by atoms with Crippen LogP contribution in [0.5, 0.6) is 0 Å². The van der Waals surface area contributed by atoms with Gasteiger partial charge >= 0.3 is 11.9 Å². The van der Waals surface area contributed by atoms with Crippen molar-refractivity contribution in [2.45, 2.75) is 77.0 Å². The number of carbonyl (C=O) groups excluding carboxylic acids is 1. The third kappa shape index (κ3) is 13.6. The highest BCUT2D eigenvalue weighted by atomic mass is 28.2. The molecule has 1 atom stereocenters. The van der Waals surface area contributed by atoms with E-state index < -0.39 is 21.5 Å². The second-order valence-corrected chi connectivity index (χ2v) is 7.62. The molecule has 4 nitrogen and oxygen atoms in total. The van der Waals surface area contributed by atoms with Crippen LogP contribution in [0.2, 0.25) is 6.04 Å². The first-order chi connectivity index (χ1) is 10.1. The molecule has 0 aromatic rings. The van der Waals surface area contributed by atoms with Gasteiger partial charge in [0.2, 0.25) is 0 Å². The van der Waals surface area contributed by atoms with Crippen molar-refractivity contribution in [3.05, 3.63) is 12.2 Å². The van der Waals surface area contributed by atoms with Gasteiger partial charge in [-0.15, -0.1) is 0 Å². The van der Waals surface area contributed by atoms with E-state index in [-0.39, 0.29) is 5.73 Å². The predicted octanol–water partition coefficient (Wildman–Crippen LogP) is 3.24. The van der Waals surface area contributed by atoms with Gasteiger partial charge in [-0.3, -0.25) is 0 Å². The Bertz CT molecular complexity index is 315. The number of carboxylic acids is 1. The number of unbranched alkanes of at least 4 members (excludes halogenated alkanes) is 5. The molecule has 0 saturated carbocycles. The van der Waals surface area contributed by atoms with Gasteiger partial charge < -0.3 is 9.84 Å². The van der Waals surface area contributed by atoms with Gasteiger partial charge in [-0.1, -0.05) is 64.8 Å². The summed E-state index contributed by atoms with van der Waals surface area (Å²) in [4.78, 5) is 22.0. The molecule has 5 heteroatoms. The number of rotatable bonds is 13. The Morgan fingerprint density at radius 1 is 1.05 bits per heavy atom. The molecule has 0 aliphatic carbocycles. The fourth-order valence-electron chi connectivity index (χ4n) is 2.20. The Hall–Kier alpha value is -1.10. The smallest absolute Gasteiger partial charge is 0.330 e. The largest absolute Gasteiger partial charge is 0.478 e. The van der Waals surface area contributed by atoms with E-state index in [1.165, 1.54) is 31.7 Å². The zero-order valence-electron chi connectivity index (χ0n) is 13.5. The monoisotopic (exact) mass is 314 g/mol. The third-order valence-electron chi connectivity index (χ3n) is 3.40. The third-order valence-corrected chi connectivity index (χ3v) is 5.53. The lowest BCUT2D eigenvalue weighted by atomic mass is 10.2. The van der Waals surface area contributed by atoms with Gasteiger partial charge in [0, 0.05) is 12.2 Å². The molecule has 21 heavy (non-hydrogen) atoms. The Morgan fingerprint density at radius 3 is 2.33 bits per heavy atom. The van der Waals surface area contributed by atoms with Crippen LogP contribution in [0.25, 0.3) is 0 Å². The summed E-state index contributed by atoms with van der Waals surface area (Å²) in [5.74, 6) is -1.63. The summed E-state index contributed by atoms with van der Waals surface area (Å²) in [6.45, 7) is 4.35. The van der Waals surface area contributed by atoms with Crippen LogP contribution in [0.4, 0.5) is 0 Å². The minimum absolute atomic E-state index is 0.0594. The SMILES string of the molecule is CCCCCC[SiH2]C(CCCCC)OC(=O)C=CC(=O)O. The second kappa shape index (κ2) is 13.9. The van der Waals surface area contributed by atoms with Gasteiger partial charge in [-0.25, -0.2) is 9.59 Å². The minimum atomic E-state index is -1.12. The molecule has 1 unspecified atom stereocenters. The van der Waals surface area contributed by atoms with E-state index in [4.69, 9.17) is 9.84 Å². The van der Waals surface area contributed by atoms with Crippen LogP contribution >= 0.6 is 0 Å². The molecule has 0 rings (SSSR count). The molecule has 0 radical (unpaired) electrons. The zero-order chi connectivity index (χ0) is 15.9. The lowest BCUT2D eigenvalue weighted by Gasteiger charge is -2.16. The van der Waals surface area contributed by atoms with Crippen LogP contribution in [0.15, 0.2) is 12.2 Å². The quantitative estimate of drug-likeness (QED) is 0.245. The molecule has 122 valence electrons.